The van der Waals surface area contributed by atoms with Gasteiger partial charge in [-0.25, -0.2) is 29.1 Å². The fourth-order valence-corrected chi connectivity index (χ4v) is 3.71. The molecule has 0 radical (unpaired) electrons. The summed E-state index contributed by atoms with van der Waals surface area (Å²) in [5.41, 5.74) is 2.87. The van der Waals surface area contributed by atoms with Gasteiger partial charge in [0.2, 0.25) is 12.2 Å². The zero-order chi connectivity index (χ0) is 29.8. The molecule has 3 aromatic rings. The van der Waals surface area contributed by atoms with Gasteiger partial charge in [0.15, 0.2) is 0 Å². The highest BCUT2D eigenvalue weighted by Crippen LogP contribution is 2.15. The van der Waals surface area contributed by atoms with Crippen LogP contribution in [0.1, 0.15) is 43.8 Å². The van der Waals surface area contributed by atoms with Crippen molar-refractivity contribution >= 4 is 30.0 Å². The summed E-state index contributed by atoms with van der Waals surface area (Å²) >= 11 is 0. The number of carboxylic acid groups (broad SMARTS) is 2. The van der Waals surface area contributed by atoms with E-state index in [1.54, 1.807) is 44.4 Å². The Morgan fingerprint density at radius 2 is 1.29 bits per heavy atom. The number of ether oxygens (including phenoxy) is 2. The van der Waals surface area contributed by atoms with Crippen molar-refractivity contribution in [3.8, 4) is 0 Å². The van der Waals surface area contributed by atoms with Crippen molar-refractivity contribution in [2.45, 2.75) is 32.5 Å². The normalized spacial score (nSPS) is 15.7. The highest BCUT2D eigenvalue weighted by Gasteiger charge is 2.41. The second-order valence-electron chi connectivity index (χ2n) is 9.34. The average Bonchev–Trinajstić information content (AvgIpc) is 3.49. The summed E-state index contributed by atoms with van der Waals surface area (Å²) in [4.78, 5) is 55.2. The number of carbonyl (C=O) groups excluding carboxylic acids is 2. The van der Waals surface area contributed by atoms with Crippen molar-refractivity contribution in [2.75, 3.05) is 13.1 Å². The summed E-state index contributed by atoms with van der Waals surface area (Å²) in [7, 11) is 0. The molecule has 214 valence electrons. The van der Waals surface area contributed by atoms with Gasteiger partial charge in [0.05, 0.1) is 11.1 Å². The van der Waals surface area contributed by atoms with Crippen LogP contribution in [0.15, 0.2) is 73.3 Å². The number of carboxylic acids is 2. The molecular weight excluding hydrogens is 530 g/mol. The zero-order valence-electron chi connectivity index (χ0n) is 22.6. The SMILES string of the molecule is C(=C\[C@H]1CCNC1)/c1cncnc1.Cc1ccc(C(=O)O[C@H](C(=O)O)[C@H](OC(=O)c2ccc(C)cc2)C(=O)O)cc1. The molecule has 0 spiro atoms. The first kappa shape index (κ1) is 30.6. The standard InChI is InChI=1S/C20H18O8.C10H13N3/c1-11-3-7-13(8-4-11)19(25)27-15(17(21)22)16(18(23)24)28-20(26)14-9-5-12(2)6-10-14;1(9-3-4-11-5-9)2-10-6-12-8-13-7-10/h3-10,15-16H,1-2H3,(H,21,22)(H,23,24);1-2,6-9,11H,3-5H2/b;2-1+/t15-,16-;9-/m00/s1. The van der Waals surface area contributed by atoms with Gasteiger partial charge in [-0.3, -0.25) is 0 Å². The summed E-state index contributed by atoms with van der Waals surface area (Å²) < 4.78 is 9.64. The number of esters is 2. The zero-order valence-corrected chi connectivity index (χ0v) is 22.6. The van der Waals surface area contributed by atoms with Gasteiger partial charge in [0.1, 0.15) is 6.33 Å². The summed E-state index contributed by atoms with van der Waals surface area (Å²) in [5.74, 6) is -4.94. The van der Waals surface area contributed by atoms with E-state index in [1.165, 1.54) is 30.7 Å². The molecule has 0 aliphatic carbocycles. The predicted molar refractivity (Wildman–Crippen MR) is 148 cm³/mol. The van der Waals surface area contributed by atoms with E-state index >= 15 is 0 Å². The van der Waals surface area contributed by atoms with Crippen molar-refractivity contribution in [3.63, 3.8) is 0 Å². The van der Waals surface area contributed by atoms with E-state index in [-0.39, 0.29) is 11.1 Å². The molecule has 0 bridgehead atoms. The molecule has 1 fully saturated rings. The molecule has 11 heteroatoms. The minimum Gasteiger partial charge on any atom is -0.478 e. The number of nitrogens with zero attached hydrogens (tertiary/aromatic N) is 2. The van der Waals surface area contributed by atoms with Crippen molar-refractivity contribution in [1.29, 1.82) is 0 Å². The van der Waals surface area contributed by atoms with Crippen LogP contribution >= 0.6 is 0 Å². The van der Waals surface area contributed by atoms with Gasteiger partial charge >= 0.3 is 23.9 Å². The second kappa shape index (κ2) is 15.0. The highest BCUT2D eigenvalue weighted by atomic mass is 16.6. The maximum Gasteiger partial charge on any atom is 0.349 e. The molecule has 0 saturated carbocycles. The number of aromatic nitrogens is 2. The van der Waals surface area contributed by atoms with Gasteiger partial charge in [0, 0.05) is 24.5 Å². The molecule has 0 unspecified atom stereocenters. The van der Waals surface area contributed by atoms with Crippen LogP contribution in [-0.2, 0) is 19.1 Å². The van der Waals surface area contributed by atoms with E-state index < -0.39 is 36.1 Å². The Morgan fingerprint density at radius 3 is 1.68 bits per heavy atom. The predicted octanol–water partition coefficient (Wildman–Crippen LogP) is 3.32. The third kappa shape index (κ3) is 9.66. The van der Waals surface area contributed by atoms with Crippen LogP contribution in [0.25, 0.3) is 6.08 Å². The van der Waals surface area contributed by atoms with Crippen LogP contribution in [0, 0.1) is 19.8 Å². The Kier molecular flexibility index (Phi) is 11.2. The Labute approximate surface area is 236 Å². The van der Waals surface area contributed by atoms with Crippen molar-refractivity contribution < 1.29 is 38.9 Å². The first-order valence-corrected chi connectivity index (χ1v) is 12.8. The Morgan fingerprint density at radius 1 is 0.829 bits per heavy atom. The van der Waals surface area contributed by atoms with Gasteiger partial charge in [-0.05, 0) is 57.0 Å². The summed E-state index contributed by atoms with van der Waals surface area (Å²) in [6, 6.07) is 12.1. The van der Waals surface area contributed by atoms with E-state index in [9.17, 15) is 29.4 Å². The number of nitrogens with one attached hydrogen (secondary N) is 1. The molecule has 2 heterocycles. The Hall–Kier alpha value is -4.90. The van der Waals surface area contributed by atoms with Gasteiger partial charge < -0.3 is 25.0 Å². The number of benzene rings is 2. The van der Waals surface area contributed by atoms with E-state index in [4.69, 9.17) is 9.47 Å². The van der Waals surface area contributed by atoms with E-state index in [0.29, 0.717) is 5.92 Å². The third-order valence-electron chi connectivity index (χ3n) is 6.04. The maximum atomic E-state index is 12.2. The summed E-state index contributed by atoms with van der Waals surface area (Å²) in [6.07, 6.45) is 6.33. The summed E-state index contributed by atoms with van der Waals surface area (Å²) in [5, 5.41) is 22.0. The lowest BCUT2D eigenvalue weighted by atomic mass is 10.1. The van der Waals surface area contributed by atoms with Crippen LogP contribution in [0.4, 0.5) is 0 Å². The van der Waals surface area contributed by atoms with Crippen molar-refractivity contribution in [2.24, 2.45) is 5.92 Å². The number of hydrogen-bond acceptors (Lipinski definition) is 9. The van der Waals surface area contributed by atoms with Crippen molar-refractivity contribution in [1.82, 2.24) is 15.3 Å². The van der Waals surface area contributed by atoms with Crippen LogP contribution in [-0.4, -0.2) is 69.4 Å². The van der Waals surface area contributed by atoms with Crippen LogP contribution in [0.3, 0.4) is 0 Å². The molecule has 41 heavy (non-hydrogen) atoms. The molecular formula is C30H31N3O8. The van der Waals surface area contributed by atoms with E-state index in [0.717, 1.165) is 29.8 Å². The van der Waals surface area contributed by atoms with Gasteiger partial charge in [-0.15, -0.1) is 0 Å². The average molecular weight is 562 g/mol. The van der Waals surface area contributed by atoms with Crippen LogP contribution in [0.2, 0.25) is 0 Å². The molecule has 2 aromatic carbocycles. The maximum absolute atomic E-state index is 12.2. The molecule has 1 saturated heterocycles. The topological polar surface area (TPSA) is 165 Å². The highest BCUT2D eigenvalue weighted by molar-refractivity contribution is 5.95. The number of hydrogen-bond donors (Lipinski definition) is 3. The number of carbonyl (C=O) groups is 4. The van der Waals surface area contributed by atoms with Crippen molar-refractivity contribution in [3.05, 3.63) is 101 Å². The largest absolute Gasteiger partial charge is 0.478 e. The smallest absolute Gasteiger partial charge is 0.349 e. The fraction of sp³-hybridized carbons (Fsp3) is 0.267. The second-order valence-corrected chi connectivity index (χ2v) is 9.34. The molecule has 11 nitrogen and oxygen atoms in total. The number of aliphatic carboxylic acids is 2. The van der Waals surface area contributed by atoms with Gasteiger partial charge in [-0.1, -0.05) is 47.5 Å². The molecule has 1 aromatic heterocycles. The van der Waals surface area contributed by atoms with E-state index in [2.05, 4.69) is 27.4 Å². The molecule has 3 N–H and O–H groups in total. The minimum absolute atomic E-state index is 0.0332. The quantitative estimate of drug-likeness (QED) is 0.328. The molecule has 3 atom stereocenters. The lowest BCUT2D eigenvalue weighted by Crippen LogP contribution is -2.45. The molecule has 4 rings (SSSR count). The third-order valence-corrected chi connectivity index (χ3v) is 6.04. The van der Waals surface area contributed by atoms with Gasteiger partial charge in [0.25, 0.3) is 0 Å². The first-order chi connectivity index (χ1) is 19.6. The molecule has 1 aliphatic heterocycles. The number of rotatable bonds is 9. The lowest BCUT2D eigenvalue weighted by molar-refractivity contribution is -0.166. The van der Waals surface area contributed by atoms with Crippen LogP contribution in [0.5, 0.6) is 0 Å². The Bertz CT molecular complexity index is 1280. The fourth-order valence-electron chi connectivity index (χ4n) is 3.71. The number of aryl methyl sites for hydroxylation is 2. The van der Waals surface area contributed by atoms with Gasteiger partial charge in [-0.2, -0.15) is 0 Å². The first-order valence-electron chi connectivity index (χ1n) is 12.8. The molecule has 1 aliphatic rings. The monoisotopic (exact) mass is 561 g/mol. The lowest BCUT2D eigenvalue weighted by Gasteiger charge is -2.21. The Balaban J connectivity index is 0.000000294. The molecule has 0 amide bonds. The summed E-state index contributed by atoms with van der Waals surface area (Å²) in [6.45, 7) is 5.82. The van der Waals surface area contributed by atoms with Crippen LogP contribution < -0.4 is 5.32 Å². The minimum atomic E-state index is -2.22. The van der Waals surface area contributed by atoms with E-state index in [1.807, 2.05) is 12.4 Å².